The van der Waals surface area contributed by atoms with Crippen LogP contribution < -0.4 is 11.1 Å². The molecule has 0 bridgehead atoms. The average molecular weight is 304 g/mol. The van der Waals surface area contributed by atoms with E-state index in [0.29, 0.717) is 17.8 Å². The van der Waals surface area contributed by atoms with Crippen molar-refractivity contribution >= 4 is 22.9 Å². The van der Waals surface area contributed by atoms with Crippen molar-refractivity contribution in [3.05, 3.63) is 39.3 Å². The predicted octanol–water partition coefficient (Wildman–Crippen LogP) is 2.66. The van der Waals surface area contributed by atoms with Crippen LogP contribution in [0.1, 0.15) is 46.7 Å². The summed E-state index contributed by atoms with van der Waals surface area (Å²) in [7, 11) is 0. The molecule has 0 aliphatic rings. The fraction of sp³-hybridized carbons (Fsp3) is 0.400. The molecule has 0 aliphatic carbocycles. The first-order valence-electron chi connectivity index (χ1n) is 6.74. The highest BCUT2D eigenvalue weighted by Gasteiger charge is 2.19. The van der Waals surface area contributed by atoms with Gasteiger partial charge in [-0.3, -0.25) is 4.79 Å². The summed E-state index contributed by atoms with van der Waals surface area (Å²) in [5, 5.41) is 12.9. The molecule has 112 valence electrons. The number of rotatable bonds is 3. The summed E-state index contributed by atoms with van der Waals surface area (Å²) in [6.45, 7) is 8.53. The smallest absolute Gasteiger partial charge is 0.251 e. The van der Waals surface area contributed by atoms with Crippen LogP contribution in [0.4, 0.5) is 5.69 Å². The van der Waals surface area contributed by atoms with Crippen LogP contribution in [0.15, 0.2) is 18.2 Å². The highest BCUT2D eigenvalue weighted by Crippen LogP contribution is 2.25. The molecule has 0 unspecified atom stereocenters. The summed E-state index contributed by atoms with van der Waals surface area (Å²) in [5.74, 6) is -0.146. The number of nitrogens with two attached hydrogens (primary N) is 1. The molecule has 1 aromatic heterocycles. The zero-order valence-electron chi connectivity index (χ0n) is 12.7. The molecule has 21 heavy (non-hydrogen) atoms. The maximum Gasteiger partial charge on any atom is 0.251 e. The Labute approximate surface area is 128 Å². The van der Waals surface area contributed by atoms with Crippen molar-refractivity contribution < 1.29 is 4.79 Å². The van der Waals surface area contributed by atoms with E-state index in [4.69, 9.17) is 5.73 Å². The SMILES string of the molecule is Cc1ccc(N)cc1C(=O)NCc1nnc(C(C)(C)C)s1. The highest BCUT2D eigenvalue weighted by atomic mass is 32.1. The number of nitrogens with zero attached hydrogens (tertiary/aromatic N) is 2. The van der Waals surface area contributed by atoms with Crippen LogP contribution >= 0.6 is 11.3 Å². The van der Waals surface area contributed by atoms with Crippen molar-refractivity contribution in [2.75, 3.05) is 5.73 Å². The van der Waals surface area contributed by atoms with Crippen LogP contribution in [0, 0.1) is 6.92 Å². The number of amides is 1. The number of anilines is 1. The van der Waals surface area contributed by atoms with Gasteiger partial charge in [-0.1, -0.05) is 38.2 Å². The minimum Gasteiger partial charge on any atom is -0.399 e. The number of aryl methyl sites for hydroxylation is 1. The minimum atomic E-state index is -0.146. The number of hydrogen-bond acceptors (Lipinski definition) is 5. The molecule has 2 rings (SSSR count). The molecule has 0 saturated carbocycles. The van der Waals surface area contributed by atoms with Crippen molar-refractivity contribution in [3.63, 3.8) is 0 Å². The first-order valence-corrected chi connectivity index (χ1v) is 7.56. The summed E-state index contributed by atoms with van der Waals surface area (Å²) in [6, 6.07) is 5.31. The molecule has 0 spiro atoms. The van der Waals surface area contributed by atoms with Gasteiger partial charge in [-0.25, -0.2) is 0 Å². The summed E-state index contributed by atoms with van der Waals surface area (Å²) < 4.78 is 0. The average Bonchev–Trinajstić information content (AvgIpc) is 2.87. The predicted molar refractivity (Wildman–Crippen MR) is 85.4 cm³/mol. The standard InChI is InChI=1S/C15H20N4OS/c1-9-5-6-10(16)7-11(9)13(20)17-8-12-18-19-14(21-12)15(2,3)4/h5-7H,8,16H2,1-4H3,(H,17,20). The normalized spacial score (nSPS) is 11.4. The zero-order chi connectivity index (χ0) is 15.6. The van der Waals surface area contributed by atoms with Crippen LogP contribution in [-0.2, 0) is 12.0 Å². The summed E-state index contributed by atoms with van der Waals surface area (Å²) in [5.41, 5.74) is 7.77. The second kappa shape index (κ2) is 5.81. The molecule has 1 heterocycles. The second-order valence-corrected chi connectivity index (χ2v) is 7.07. The Morgan fingerprint density at radius 2 is 2.05 bits per heavy atom. The van der Waals surface area contributed by atoms with E-state index in [1.807, 2.05) is 13.0 Å². The van der Waals surface area contributed by atoms with E-state index >= 15 is 0 Å². The fourth-order valence-electron chi connectivity index (χ4n) is 1.76. The van der Waals surface area contributed by atoms with E-state index in [2.05, 4.69) is 36.3 Å². The van der Waals surface area contributed by atoms with Gasteiger partial charge >= 0.3 is 0 Å². The largest absolute Gasteiger partial charge is 0.399 e. The van der Waals surface area contributed by atoms with Crippen LogP contribution in [0.25, 0.3) is 0 Å². The molecule has 2 aromatic rings. The van der Waals surface area contributed by atoms with Crippen LogP contribution in [0.3, 0.4) is 0 Å². The van der Waals surface area contributed by atoms with Gasteiger partial charge in [0.2, 0.25) is 0 Å². The Kier molecular flexibility index (Phi) is 4.27. The lowest BCUT2D eigenvalue weighted by Crippen LogP contribution is -2.23. The van der Waals surface area contributed by atoms with Gasteiger partial charge < -0.3 is 11.1 Å². The Balaban J connectivity index is 2.04. The van der Waals surface area contributed by atoms with Gasteiger partial charge in [0.15, 0.2) is 0 Å². The number of carbonyl (C=O) groups is 1. The third-order valence-electron chi connectivity index (χ3n) is 3.01. The molecule has 0 saturated heterocycles. The van der Waals surface area contributed by atoms with Crippen molar-refractivity contribution in [2.24, 2.45) is 0 Å². The third kappa shape index (κ3) is 3.78. The van der Waals surface area contributed by atoms with Crippen molar-refractivity contribution in [3.8, 4) is 0 Å². The first kappa shape index (κ1) is 15.4. The lowest BCUT2D eigenvalue weighted by molar-refractivity contribution is 0.0950. The maximum absolute atomic E-state index is 12.2. The Bertz CT molecular complexity index is 658. The molecule has 5 nitrogen and oxygen atoms in total. The van der Waals surface area contributed by atoms with E-state index in [1.54, 1.807) is 12.1 Å². The number of aromatic nitrogens is 2. The van der Waals surface area contributed by atoms with Crippen LogP contribution in [0.5, 0.6) is 0 Å². The molecule has 0 atom stereocenters. The topological polar surface area (TPSA) is 80.9 Å². The number of benzene rings is 1. The van der Waals surface area contributed by atoms with Gasteiger partial charge in [-0.2, -0.15) is 0 Å². The molecular formula is C15H20N4OS. The quantitative estimate of drug-likeness (QED) is 0.854. The van der Waals surface area contributed by atoms with Crippen molar-refractivity contribution in [1.82, 2.24) is 15.5 Å². The molecule has 6 heteroatoms. The highest BCUT2D eigenvalue weighted by molar-refractivity contribution is 7.11. The van der Waals surface area contributed by atoms with Crippen LogP contribution in [0.2, 0.25) is 0 Å². The zero-order valence-corrected chi connectivity index (χ0v) is 13.5. The Morgan fingerprint density at radius 1 is 1.33 bits per heavy atom. The van der Waals surface area contributed by atoms with Gasteiger partial charge in [-0.05, 0) is 24.6 Å². The van der Waals surface area contributed by atoms with Crippen molar-refractivity contribution in [2.45, 2.75) is 39.7 Å². The van der Waals surface area contributed by atoms with Crippen LogP contribution in [-0.4, -0.2) is 16.1 Å². The van der Waals surface area contributed by atoms with E-state index in [-0.39, 0.29) is 11.3 Å². The Morgan fingerprint density at radius 3 is 2.67 bits per heavy atom. The lowest BCUT2D eigenvalue weighted by Gasteiger charge is -2.12. The van der Waals surface area contributed by atoms with Gasteiger partial charge in [-0.15, -0.1) is 10.2 Å². The van der Waals surface area contributed by atoms with E-state index in [0.717, 1.165) is 15.6 Å². The molecule has 1 amide bonds. The number of nitrogens with one attached hydrogen (secondary N) is 1. The lowest BCUT2D eigenvalue weighted by atomic mass is 9.98. The molecular weight excluding hydrogens is 284 g/mol. The number of carbonyl (C=O) groups excluding carboxylic acids is 1. The number of hydrogen-bond donors (Lipinski definition) is 2. The Hall–Kier alpha value is -1.95. The van der Waals surface area contributed by atoms with E-state index in [1.165, 1.54) is 11.3 Å². The van der Waals surface area contributed by atoms with E-state index < -0.39 is 0 Å². The minimum absolute atomic E-state index is 0.0234. The molecule has 0 aliphatic heterocycles. The summed E-state index contributed by atoms with van der Waals surface area (Å²) >= 11 is 1.52. The first-order chi connectivity index (χ1) is 9.77. The van der Waals surface area contributed by atoms with Gasteiger partial charge in [0.25, 0.3) is 5.91 Å². The maximum atomic E-state index is 12.2. The molecule has 0 fully saturated rings. The monoisotopic (exact) mass is 304 g/mol. The molecule has 3 N–H and O–H groups in total. The fourth-order valence-corrected chi connectivity index (χ4v) is 2.60. The number of nitrogen functional groups attached to an aromatic ring is 1. The molecule has 0 radical (unpaired) electrons. The molecule has 1 aromatic carbocycles. The second-order valence-electron chi connectivity index (χ2n) is 6.01. The third-order valence-corrected chi connectivity index (χ3v) is 4.36. The van der Waals surface area contributed by atoms with Gasteiger partial charge in [0.05, 0.1) is 6.54 Å². The van der Waals surface area contributed by atoms with E-state index in [9.17, 15) is 4.79 Å². The van der Waals surface area contributed by atoms with Gasteiger partial charge in [0.1, 0.15) is 10.0 Å². The van der Waals surface area contributed by atoms with Gasteiger partial charge in [0, 0.05) is 16.7 Å². The summed E-state index contributed by atoms with van der Waals surface area (Å²) in [6.07, 6.45) is 0. The van der Waals surface area contributed by atoms with Crippen molar-refractivity contribution in [1.29, 1.82) is 0 Å². The summed E-state index contributed by atoms with van der Waals surface area (Å²) in [4.78, 5) is 12.2.